The molecule has 1 N–H and O–H groups in total. The normalized spacial score (nSPS) is 9.53. The van der Waals surface area contributed by atoms with Gasteiger partial charge < -0.3 is 5.11 Å². The zero-order chi connectivity index (χ0) is 12.4. The Hall–Kier alpha value is -2.92. The van der Waals surface area contributed by atoms with Crippen molar-refractivity contribution in [3.63, 3.8) is 0 Å². The van der Waals surface area contributed by atoms with Crippen molar-refractivity contribution in [2.75, 3.05) is 0 Å². The lowest BCUT2D eigenvalue weighted by molar-refractivity contribution is 0.480. The zero-order valence-electron chi connectivity index (χ0n) is 8.51. The maximum atomic E-state index is 10.8. The molecule has 2 aromatic carbocycles. The highest BCUT2D eigenvalue weighted by molar-refractivity contribution is 6.01. The summed E-state index contributed by atoms with van der Waals surface area (Å²) >= 11 is 0. The van der Waals surface area contributed by atoms with Gasteiger partial charge in [-0.05, 0) is 5.18 Å². The smallest absolute Gasteiger partial charge is 0.142 e. The molecule has 5 heteroatoms. The third-order valence-corrected chi connectivity index (χ3v) is 2.48. The van der Waals surface area contributed by atoms with Gasteiger partial charge in [0, 0.05) is 10.8 Å². The van der Waals surface area contributed by atoms with Gasteiger partial charge in [-0.25, -0.2) is 0 Å². The van der Waals surface area contributed by atoms with Gasteiger partial charge in [-0.1, -0.05) is 24.3 Å². The average Bonchev–Trinajstić information content (AvgIpc) is 2.38. The van der Waals surface area contributed by atoms with Gasteiger partial charge in [0.25, 0.3) is 0 Å². The fourth-order valence-corrected chi connectivity index (χ4v) is 1.71. The highest BCUT2D eigenvalue weighted by atomic mass is 16.3. The average molecular weight is 223 g/mol. The van der Waals surface area contributed by atoms with Crippen molar-refractivity contribution in [1.82, 2.24) is 0 Å². The van der Waals surface area contributed by atoms with E-state index < -0.39 is 0 Å². The molecule has 0 atom stereocenters. The number of benzene rings is 2. The minimum atomic E-state index is -0.299. The fraction of sp³-hybridized carbons (Fsp3) is 0. The molecule has 0 bridgehead atoms. The first kappa shape index (κ1) is 10.6. The minimum absolute atomic E-state index is 0.113. The van der Waals surface area contributed by atoms with Crippen LogP contribution in [-0.4, -0.2) is 5.11 Å². The van der Waals surface area contributed by atoms with Crippen molar-refractivity contribution in [2.24, 2.45) is 5.18 Å². The number of nitrogens with zero attached hydrogens (tertiary/aromatic N) is 3. The molecule has 0 radical (unpaired) electrons. The van der Waals surface area contributed by atoms with E-state index in [2.05, 4.69) is 5.18 Å². The van der Waals surface area contributed by atoms with Crippen LogP contribution in [-0.2, 0) is 0 Å². The van der Waals surface area contributed by atoms with Gasteiger partial charge in [-0.3, -0.25) is 0 Å². The summed E-state index contributed by atoms with van der Waals surface area (Å²) in [4.78, 5) is 10.8. The van der Waals surface area contributed by atoms with Crippen molar-refractivity contribution in [3.8, 4) is 17.9 Å². The molecule has 0 spiro atoms. The predicted molar refractivity (Wildman–Crippen MR) is 60.5 cm³/mol. The number of hydrogen-bond donors (Lipinski definition) is 1. The number of aromatic hydroxyl groups is 1. The van der Waals surface area contributed by atoms with E-state index in [4.69, 9.17) is 10.5 Å². The molecule has 0 aliphatic carbocycles. The lowest BCUT2D eigenvalue weighted by Crippen LogP contribution is -1.88. The molecular formula is C12H5N3O2. The summed E-state index contributed by atoms with van der Waals surface area (Å²) < 4.78 is 0. The Bertz CT molecular complexity index is 708. The number of rotatable bonds is 1. The molecule has 80 valence electrons. The summed E-state index contributed by atoms with van der Waals surface area (Å²) in [5.74, 6) is -0.299. The van der Waals surface area contributed by atoms with Crippen molar-refractivity contribution in [3.05, 3.63) is 40.3 Å². The van der Waals surface area contributed by atoms with Crippen LogP contribution in [0.4, 0.5) is 5.69 Å². The Labute approximate surface area is 96.1 Å². The largest absolute Gasteiger partial charge is 0.506 e. The van der Waals surface area contributed by atoms with E-state index in [1.165, 1.54) is 0 Å². The summed E-state index contributed by atoms with van der Waals surface area (Å²) in [6.45, 7) is 0. The second-order valence-corrected chi connectivity index (χ2v) is 3.31. The first-order chi connectivity index (χ1) is 8.24. The molecule has 2 rings (SSSR count). The first-order valence-electron chi connectivity index (χ1n) is 4.65. The molecule has 0 heterocycles. The maximum absolute atomic E-state index is 10.8. The summed E-state index contributed by atoms with van der Waals surface area (Å²) in [6, 6.07) is 9.87. The maximum Gasteiger partial charge on any atom is 0.142 e. The van der Waals surface area contributed by atoms with Crippen molar-refractivity contribution < 1.29 is 5.11 Å². The molecule has 0 saturated carbocycles. The SMILES string of the molecule is N#Cc1c(C#N)c(N=O)c2ccccc2c1O. The van der Waals surface area contributed by atoms with Gasteiger partial charge in [0.05, 0.1) is 0 Å². The van der Waals surface area contributed by atoms with E-state index >= 15 is 0 Å². The Kier molecular flexibility index (Phi) is 2.44. The Morgan fingerprint density at radius 3 is 2.18 bits per heavy atom. The fourth-order valence-electron chi connectivity index (χ4n) is 1.71. The Balaban J connectivity index is 3.12. The summed E-state index contributed by atoms with van der Waals surface area (Å²) in [7, 11) is 0. The van der Waals surface area contributed by atoms with Crippen LogP contribution >= 0.6 is 0 Å². The van der Waals surface area contributed by atoms with Crippen LogP contribution in [0.3, 0.4) is 0 Å². The van der Waals surface area contributed by atoms with Crippen molar-refractivity contribution >= 4 is 16.5 Å². The quantitative estimate of drug-likeness (QED) is 0.751. The van der Waals surface area contributed by atoms with E-state index in [0.29, 0.717) is 10.8 Å². The summed E-state index contributed by atoms with van der Waals surface area (Å²) in [5, 5.41) is 31.2. The van der Waals surface area contributed by atoms with Crippen LogP contribution in [0.1, 0.15) is 11.1 Å². The number of phenols is 1. The molecule has 5 nitrogen and oxygen atoms in total. The van der Waals surface area contributed by atoms with Crippen molar-refractivity contribution in [2.45, 2.75) is 0 Å². The molecule has 0 aliphatic rings. The molecule has 0 aliphatic heterocycles. The molecule has 2 aromatic rings. The number of fused-ring (bicyclic) bond motifs is 1. The summed E-state index contributed by atoms with van der Waals surface area (Å²) in [5.41, 5.74) is -0.531. The van der Waals surface area contributed by atoms with Gasteiger partial charge in [0.15, 0.2) is 0 Å². The van der Waals surface area contributed by atoms with Crippen LogP contribution in [0.2, 0.25) is 0 Å². The van der Waals surface area contributed by atoms with E-state index in [0.717, 1.165) is 0 Å². The topological polar surface area (TPSA) is 97.2 Å². The lowest BCUT2D eigenvalue weighted by Gasteiger charge is -2.06. The van der Waals surface area contributed by atoms with Gasteiger partial charge in [-0.2, -0.15) is 10.5 Å². The Morgan fingerprint density at radius 2 is 1.65 bits per heavy atom. The molecule has 0 aromatic heterocycles. The van der Waals surface area contributed by atoms with Crippen LogP contribution in [0.15, 0.2) is 29.4 Å². The van der Waals surface area contributed by atoms with Crippen LogP contribution in [0, 0.1) is 27.6 Å². The molecule has 0 amide bonds. The molecule has 0 unspecified atom stereocenters. The Morgan fingerprint density at radius 1 is 1.06 bits per heavy atom. The van der Waals surface area contributed by atoms with Crippen LogP contribution in [0.5, 0.6) is 5.75 Å². The molecule has 0 saturated heterocycles. The monoisotopic (exact) mass is 223 g/mol. The van der Waals surface area contributed by atoms with E-state index in [1.807, 2.05) is 0 Å². The number of phenolic OH excluding ortho intramolecular Hbond substituents is 1. The van der Waals surface area contributed by atoms with Gasteiger partial charge in [0.1, 0.15) is 34.7 Å². The third kappa shape index (κ3) is 1.38. The number of hydrogen-bond acceptors (Lipinski definition) is 5. The second-order valence-electron chi connectivity index (χ2n) is 3.31. The number of nitriles is 2. The highest BCUT2D eigenvalue weighted by Crippen LogP contribution is 2.39. The minimum Gasteiger partial charge on any atom is -0.506 e. The molecule has 17 heavy (non-hydrogen) atoms. The third-order valence-electron chi connectivity index (χ3n) is 2.48. The van der Waals surface area contributed by atoms with E-state index in [1.54, 1.807) is 36.4 Å². The van der Waals surface area contributed by atoms with Gasteiger partial charge in [0.2, 0.25) is 0 Å². The van der Waals surface area contributed by atoms with Crippen LogP contribution < -0.4 is 0 Å². The van der Waals surface area contributed by atoms with E-state index in [-0.39, 0.29) is 22.6 Å². The lowest BCUT2D eigenvalue weighted by atomic mass is 9.98. The highest BCUT2D eigenvalue weighted by Gasteiger charge is 2.19. The van der Waals surface area contributed by atoms with Crippen LogP contribution in [0.25, 0.3) is 10.8 Å². The second kappa shape index (κ2) is 3.92. The predicted octanol–water partition coefficient (Wildman–Crippen LogP) is 2.69. The zero-order valence-corrected chi connectivity index (χ0v) is 8.51. The molecular weight excluding hydrogens is 218 g/mol. The molecule has 0 fully saturated rings. The van der Waals surface area contributed by atoms with E-state index in [9.17, 15) is 10.0 Å². The first-order valence-corrected chi connectivity index (χ1v) is 4.65. The standard InChI is InChI=1S/C12H5N3O2/c13-5-9-10(6-14)12(16)8-4-2-1-3-7(8)11(9)15-17/h1-4,16H. The van der Waals surface area contributed by atoms with Crippen molar-refractivity contribution in [1.29, 1.82) is 10.5 Å². The number of nitroso groups, excluding NO2 is 1. The summed E-state index contributed by atoms with van der Waals surface area (Å²) in [6.07, 6.45) is 0. The van der Waals surface area contributed by atoms with Gasteiger partial charge >= 0.3 is 0 Å². The van der Waals surface area contributed by atoms with Gasteiger partial charge in [-0.15, -0.1) is 4.91 Å².